The molecule has 0 rings (SSSR count). The number of unbranched alkanes of at least 4 members (excludes halogenated alkanes) is 32. The average Bonchev–Trinajstić information content (AvgIpc) is 3.20. The first-order valence-corrected chi connectivity index (χ1v) is 27.2. The van der Waals surface area contributed by atoms with E-state index >= 15 is 0 Å². The average molecular weight is 870 g/mol. The topological polar surface area (TPSA) is 105 Å². The third-order valence-corrected chi connectivity index (χ3v) is 12.6. The summed E-state index contributed by atoms with van der Waals surface area (Å²) in [5.41, 5.74) is 0. The molecule has 0 bridgehead atoms. The number of carbonyl (C=O) groups is 1. The predicted octanol–water partition coefficient (Wildman–Crippen LogP) is 14.9. The standard InChI is InChI=1S/C51H101N2O6P/c1-6-8-10-12-14-16-18-20-21-22-23-24-25-26-27-28-29-30-31-33-34-36-38-40-42-44-50(54)49(48-59-60(56,57)58-47-46-53(3,4)5)52-51(55)45-43-41-39-37-35-32-19-17-15-13-11-9-7-2/h17,19,42,44,49-50,54H,6-16,18,20-41,43,45-48H2,1-5H3,(H-,52,55,56,57)/p+1/b19-17-,44-42+. The molecule has 8 nitrogen and oxygen atoms in total. The highest BCUT2D eigenvalue weighted by Gasteiger charge is 2.27. The van der Waals surface area contributed by atoms with E-state index in [9.17, 15) is 19.4 Å². The number of phosphoric acid groups is 1. The predicted molar refractivity (Wildman–Crippen MR) is 258 cm³/mol. The number of rotatable bonds is 47. The molecule has 3 N–H and O–H groups in total. The molecular weight excluding hydrogens is 768 g/mol. The van der Waals surface area contributed by atoms with Crippen LogP contribution in [0.4, 0.5) is 0 Å². The van der Waals surface area contributed by atoms with Crippen LogP contribution in [0, 0.1) is 0 Å². The highest BCUT2D eigenvalue weighted by atomic mass is 31.2. The van der Waals surface area contributed by atoms with Crippen LogP contribution in [0.3, 0.4) is 0 Å². The Labute approximate surface area is 373 Å². The first kappa shape index (κ1) is 59.0. The number of hydrogen-bond donors (Lipinski definition) is 3. The summed E-state index contributed by atoms with van der Waals surface area (Å²) in [7, 11) is 1.57. The van der Waals surface area contributed by atoms with Gasteiger partial charge in [0.15, 0.2) is 0 Å². The van der Waals surface area contributed by atoms with E-state index in [0.29, 0.717) is 17.4 Å². The summed E-state index contributed by atoms with van der Waals surface area (Å²) in [5, 5.41) is 13.9. The molecule has 356 valence electrons. The quantitative estimate of drug-likeness (QED) is 0.0243. The first-order chi connectivity index (χ1) is 29.0. The molecule has 0 aliphatic heterocycles. The lowest BCUT2D eigenvalue weighted by Crippen LogP contribution is -2.45. The van der Waals surface area contributed by atoms with E-state index in [2.05, 4.69) is 31.3 Å². The molecule has 60 heavy (non-hydrogen) atoms. The Morgan fingerprint density at radius 2 is 0.900 bits per heavy atom. The van der Waals surface area contributed by atoms with Gasteiger partial charge in [-0.3, -0.25) is 13.8 Å². The fourth-order valence-corrected chi connectivity index (χ4v) is 8.30. The lowest BCUT2D eigenvalue weighted by atomic mass is 10.0. The van der Waals surface area contributed by atoms with Gasteiger partial charge in [-0.1, -0.05) is 218 Å². The summed E-state index contributed by atoms with van der Waals surface area (Å²) in [6, 6.07) is -0.848. The van der Waals surface area contributed by atoms with Gasteiger partial charge >= 0.3 is 7.82 Å². The number of amides is 1. The first-order valence-electron chi connectivity index (χ1n) is 25.7. The van der Waals surface area contributed by atoms with Crippen LogP contribution in [-0.2, 0) is 18.4 Å². The van der Waals surface area contributed by atoms with Gasteiger partial charge in [-0.05, 0) is 44.9 Å². The van der Waals surface area contributed by atoms with Crippen molar-refractivity contribution in [1.29, 1.82) is 0 Å². The zero-order chi connectivity index (χ0) is 44.3. The third kappa shape index (κ3) is 45.0. The largest absolute Gasteiger partial charge is 0.472 e. The Balaban J connectivity index is 4.22. The van der Waals surface area contributed by atoms with Gasteiger partial charge in [0.2, 0.25) is 5.91 Å². The number of phosphoric ester groups is 1. The van der Waals surface area contributed by atoms with Crippen LogP contribution in [0.5, 0.6) is 0 Å². The SMILES string of the molecule is CCCCCC/C=C\CCCCCCCC(=O)NC(COP(=O)(O)OCC[N+](C)(C)C)C(O)/C=C/CCCCCCCCCCCCCCCCCCCCCCCCC. The minimum Gasteiger partial charge on any atom is -0.387 e. The lowest BCUT2D eigenvalue weighted by Gasteiger charge is -2.25. The smallest absolute Gasteiger partial charge is 0.387 e. The zero-order valence-electron chi connectivity index (χ0n) is 40.5. The normalized spacial score (nSPS) is 14.3. The summed E-state index contributed by atoms with van der Waals surface area (Å²) in [5.74, 6) is -0.185. The minimum absolute atomic E-state index is 0.0612. The fourth-order valence-electron chi connectivity index (χ4n) is 7.57. The Kier molecular flexibility index (Phi) is 42.5. The Morgan fingerprint density at radius 3 is 1.30 bits per heavy atom. The molecule has 0 aromatic heterocycles. The molecule has 0 aromatic carbocycles. The van der Waals surface area contributed by atoms with Gasteiger partial charge in [-0.15, -0.1) is 0 Å². The van der Waals surface area contributed by atoms with Gasteiger partial charge in [0.1, 0.15) is 13.2 Å². The van der Waals surface area contributed by atoms with Crippen molar-refractivity contribution in [2.75, 3.05) is 40.9 Å². The number of aliphatic hydroxyl groups excluding tert-OH is 1. The molecular formula is C51H102N2O6P+. The second kappa shape index (κ2) is 43.2. The highest BCUT2D eigenvalue weighted by molar-refractivity contribution is 7.47. The maximum absolute atomic E-state index is 12.9. The number of nitrogens with one attached hydrogen (secondary N) is 1. The molecule has 0 aliphatic rings. The number of carbonyl (C=O) groups excluding carboxylic acids is 1. The lowest BCUT2D eigenvalue weighted by molar-refractivity contribution is -0.870. The molecule has 0 aromatic rings. The number of quaternary nitrogens is 1. The number of hydrogen-bond acceptors (Lipinski definition) is 5. The van der Waals surface area contributed by atoms with Crippen molar-refractivity contribution in [3.8, 4) is 0 Å². The summed E-state index contributed by atoms with van der Waals surface area (Å²) in [6.45, 7) is 4.81. The van der Waals surface area contributed by atoms with Gasteiger partial charge < -0.3 is 19.8 Å². The summed E-state index contributed by atoms with van der Waals surface area (Å²) >= 11 is 0. The number of allylic oxidation sites excluding steroid dienone is 3. The second-order valence-electron chi connectivity index (χ2n) is 18.9. The molecule has 9 heteroatoms. The molecule has 0 saturated heterocycles. The monoisotopic (exact) mass is 870 g/mol. The van der Waals surface area contributed by atoms with E-state index in [1.165, 1.54) is 173 Å². The van der Waals surface area contributed by atoms with Crippen molar-refractivity contribution < 1.29 is 32.9 Å². The van der Waals surface area contributed by atoms with Crippen molar-refractivity contribution >= 4 is 13.7 Å². The Bertz CT molecular complexity index is 1030. The molecule has 0 saturated carbocycles. The molecule has 3 atom stereocenters. The maximum atomic E-state index is 12.9. The van der Waals surface area contributed by atoms with Crippen LogP contribution in [0.1, 0.15) is 245 Å². The van der Waals surface area contributed by atoms with E-state index in [1.54, 1.807) is 6.08 Å². The zero-order valence-corrected chi connectivity index (χ0v) is 41.4. The fraction of sp³-hybridized carbons (Fsp3) is 0.902. The molecule has 0 aliphatic carbocycles. The van der Waals surface area contributed by atoms with E-state index in [0.717, 1.165) is 51.4 Å². The van der Waals surface area contributed by atoms with E-state index < -0.39 is 20.0 Å². The molecule has 1 amide bonds. The van der Waals surface area contributed by atoms with Gasteiger partial charge in [0, 0.05) is 6.42 Å². The number of aliphatic hydroxyl groups is 1. The van der Waals surface area contributed by atoms with Crippen LogP contribution in [0.25, 0.3) is 0 Å². The molecule has 0 fully saturated rings. The van der Waals surface area contributed by atoms with E-state index in [-0.39, 0.29) is 19.1 Å². The molecule has 0 radical (unpaired) electrons. The minimum atomic E-state index is -4.34. The molecule has 0 heterocycles. The van der Waals surface area contributed by atoms with Crippen LogP contribution >= 0.6 is 7.82 Å². The Morgan fingerprint density at radius 1 is 0.550 bits per heavy atom. The third-order valence-electron chi connectivity index (χ3n) is 11.7. The van der Waals surface area contributed by atoms with Crippen LogP contribution in [-0.4, -0.2) is 73.4 Å². The number of likely N-dealkylation sites (N-methyl/N-ethyl adjacent to an activating group) is 1. The summed E-state index contributed by atoms with van der Waals surface area (Å²) in [4.78, 5) is 23.2. The van der Waals surface area contributed by atoms with Crippen LogP contribution in [0.15, 0.2) is 24.3 Å². The van der Waals surface area contributed by atoms with Crippen molar-refractivity contribution in [2.24, 2.45) is 0 Å². The highest BCUT2D eigenvalue weighted by Crippen LogP contribution is 2.43. The summed E-state index contributed by atoms with van der Waals surface area (Å²) < 4.78 is 23.6. The van der Waals surface area contributed by atoms with Crippen molar-refractivity contribution in [2.45, 2.75) is 257 Å². The second-order valence-corrected chi connectivity index (χ2v) is 20.4. The van der Waals surface area contributed by atoms with Gasteiger partial charge in [-0.25, -0.2) is 4.57 Å². The van der Waals surface area contributed by atoms with Gasteiger partial charge in [0.25, 0.3) is 0 Å². The molecule has 0 spiro atoms. The van der Waals surface area contributed by atoms with Crippen LogP contribution in [0.2, 0.25) is 0 Å². The molecule has 3 unspecified atom stereocenters. The summed E-state index contributed by atoms with van der Waals surface area (Å²) in [6.07, 6.45) is 52.7. The van der Waals surface area contributed by atoms with E-state index in [1.807, 2.05) is 27.2 Å². The van der Waals surface area contributed by atoms with Gasteiger partial charge in [0.05, 0.1) is 39.9 Å². The van der Waals surface area contributed by atoms with Crippen molar-refractivity contribution in [3.05, 3.63) is 24.3 Å². The van der Waals surface area contributed by atoms with Crippen LogP contribution < -0.4 is 5.32 Å². The Hall–Kier alpha value is -1.02. The number of nitrogens with zero attached hydrogens (tertiary/aromatic N) is 1. The van der Waals surface area contributed by atoms with Crippen molar-refractivity contribution in [1.82, 2.24) is 5.32 Å². The van der Waals surface area contributed by atoms with E-state index in [4.69, 9.17) is 9.05 Å². The van der Waals surface area contributed by atoms with Crippen molar-refractivity contribution in [3.63, 3.8) is 0 Å². The van der Waals surface area contributed by atoms with Gasteiger partial charge in [-0.2, -0.15) is 0 Å². The maximum Gasteiger partial charge on any atom is 0.472 e.